The number of benzene rings is 5. The van der Waals surface area contributed by atoms with E-state index in [1.165, 1.54) is 0 Å². The number of hydrogen-bond donors (Lipinski definition) is 0. The van der Waals surface area contributed by atoms with Gasteiger partial charge >= 0.3 is 0 Å². The highest BCUT2D eigenvalue weighted by Crippen LogP contribution is 2.56. The van der Waals surface area contributed by atoms with E-state index in [1.54, 1.807) is 0 Å². The van der Waals surface area contributed by atoms with Crippen LogP contribution in [0.4, 0.5) is 0 Å². The van der Waals surface area contributed by atoms with Gasteiger partial charge in [0.25, 0.3) is 0 Å². The predicted octanol–water partition coefficient (Wildman–Crippen LogP) is 9.77. The van der Waals surface area contributed by atoms with Crippen molar-refractivity contribution < 1.29 is 5.48 Å². The lowest BCUT2D eigenvalue weighted by Gasteiger charge is -2.36. The van der Waals surface area contributed by atoms with Crippen molar-refractivity contribution >= 4 is 0 Å². The molecule has 1 fully saturated rings. The van der Waals surface area contributed by atoms with Crippen molar-refractivity contribution in [1.82, 2.24) is 15.0 Å². The van der Waals surface area contributed by atoms with Crippen molar-refractivity contribution in [3.8, 4) is 56.4 Å². The lowest BCUT2D eigenvalue weighted by Crippen LogP contribution is -2.28. The van der Waals surface area contributed by atoms with Crippen LogP contribution in [-0.4, -0.2) is 15.0 Å². The van der Waals surface area contributed by atoms with E-state index in [0.29, 0.717) is 42.3 Å². The molecule has 1 saturated carbocycles. The highest BCUT2D eigenvalue weighted by Gasteiger charge is 2.43. The van der Waals surface area contributed by atoms with Gasteiger partial charge in [0.15, 0.2) is 17.5 Å². The number of nitrogens with zero attached hydrogens (tertiary/aromatic N) is 3. The summed E-state index contributed by atoms with van der Waals surface area (Å²) in [6, 6.07) is 41.6. The molecular formula is C39H31N3. The molecule has 2 aliphatic carbocycles. The SMILES string of the molecule is [2H]C1([2H])CCCC([2H])([2H])C12c1ccccc1-c1ccc(-c3ccccc3-c3nc(-c4ccccc4)nc(-c4ccccc4)n3)cc12. The van der Waals surface area contributed by atoms with Gasteiger partial charge in [0, 0.05) is 27.6 Å². The number of rotatable bonds is 4. The van der Waals surface area contributed by atoms with E-state index in [0.717, 1.165) is 44.5 Å². The third-order valence-corrected chi connectivity index (χ3v) is 8.36. The maximum atomic E-state index is 9.35. The van der Waals surface area contributed by atoms with Crippen LogP contribution < -0.4 is 0 Å². The smallest absolute Gasteiger partial charge is 0.164 e. The molecule has 8 rings (SSSR count). The van der Waals surface area contributed by atoms with Crippen molar-refractivity contribution in [3.05, 3.63) is 139 Å². The molecule has 1 aromatic heterocycles. The maximum Gasteiger partial charge on any atom is 0.164 e. The summed E-state index contributed by atoms with van der Waals surface area (Å²) in [7, 11) is 0. The normalized spacial score (nSPS) is 18.7. The van der Waals surface area contributed by atoms with Crippen LogP contribution in [0.2, 0.25) is 0 Å². The molecule has 0 radical (unpaired) electrons. The fraction of sp³-hybridized carbons (Fsp3) is 0.154. The van der Waals surface area contributed by atoms with Gasteiger partial charge in [-0.2, -0.15) is 0 Å². The molecule has 42 heavy (non-hydrogen) atoms. The van der Waals surface area contributed by atoms with Crippen LogP contribution in [0.15, 0.2) is 127 Å². The molecule has 5 aromatic carbocycles. The molecule has 2 aliphatic rings. The lowest BCUT2D eigenvalue weighted by atomic mass is 9.67. The molecule has 0 amide bonds. The second-order valence-electron chi connectivity index (χ2n) is 10.8. The summed E-state index contributed by atoms with van der Waals surface area (Å²) < 4.78 is 37.4. The molecule has 0 aliphatic heterocycles. The zero-order chi connectivity index (χ0) is 31.5. The summed E-state index contributed by atoms with van der Waals surface area (Å²) in [5.74, 6) is 1.68. The molecular weight excluding hydrogens is 510 g/mol. The standard InChI is InChI=1S/C39H31N3/c1-4-14-27(15-5-1)36-40-37(28-16-6-2-7-17-28)42-38(41-36)33-20-9-8-18-30(33)29-22-23-32-31-19-10-11-21-34(31)39(35(32)26-29)24-12-3-13-25-39/h1-2,4-11,14-23,26H,3,12-13,24-25H2/i24D2,25D2. The van der Waals surface area contributed by atoms with Gasteiger partial charge in [0.05, 0.1) is 0 Å². The van der Waals surface area contributed by atoms with Crippen molar-refractivity contribution in [3.63, 3.8) is 0 Å². The van der Waals surface area contributed by atoms with Gasteiger partial charge in [0.1, 0.15) is 0 Å². The van der Waals surface area contributed by atoms with E-state index in [9.17, 15) is 5.48 Å². The van der Waals surface area contributed by atoms with Gasteiger partial charge < -0.3 is 0 Å². The average molecular weight is 546 g/mol. The fourth-order valence-electron chi connectivity index (χ4n) is 6.39. The second kappa shape index (κ2) is 10.2. The summed E-state index contributed by atoms with van der Waals surface area (Å²) in [4.78, 5) is 14.8. The first-order valence-corrected chi connectivity index (χ1v) is 14.5. The minimum absolute atomic E-state index is 0.302. The van der Waals surface area contributed by atoms with Crippen LogP contribution in [0, 0.1) is 0 Å². The molecule has 1 spiro atoms. The molecule has 3 nitrogen and oxygen atoms in total. The van der Waals surface area contributed by atoms with E-state index in [-0.39, 0.29) is 0 Å². The highest BCUT2D eigenvalue weighted by molar-refractivity contribution is 5.87. The predicted molar refractivity (Wildman–Crippen MR) is 171 cm³/mol. The van der Waals surface area contributed by atoms with E-state index < -0.39 is 18.2 Å². The Hall–Kier alpha value is -4.89. The Kier molecular flexibility index (Phi) is 5.07. The van der Waals surface area contributed by atoms with Crippen molar-refractivity contribution in [2.24, 2.45) is 0 Å². The highest BCUT2D eigenvalue weighted by atomic mass is 15.0. The Bertz CT molecular complexity index is 2020. The van der Waals surface area contributed by atoms with Gasteiger partial charge in [-0.15, -0.1) is 0 Å². The molecule has 0 bridgehead atoms. The van der Waals surface area contributed by atoms with E-state index in [2.05, 4.69) is 6.07 Å². The molecule has 0 saturated heterocycles. The Morgan fingerprint density at radius 2 is 0.952 bits per heavy atom. The summed E-state index contributed by atoms with van der Waals surface area (Å²) in [5.41, 5.74) is 6.17. The van der Waals surface area contributed by atoms with Crippen LogP contribution >= 0.6 is 0 Å². The summed E-state index contributed by atoms with van der Waals surface area (Å²) in [6.07, 6.45) is -2.45. The molecule has 1 heterocycles. The molecule has 3 heteroatoms. The van der Waals surface area contributed by atoms with Crippen LogP contribution in [0.25, 0.3) is 56.4 Å². The van der Waals surface area contributed by atoms with E-state index in [4.69, 9.17) is 15.0 Å². The number of fused-ring (bicyclic) bond motifs is 5. The summed E-state index contributed by atoms with van der Waals surface area (Å²) in [6.45, 7) is 0. The van der Waals surface area contributed by atoms with E-state index in [1.807, 2.05) is 121 Å². The Morgan fingerprint density at radius 3 is 1.62 bits per heavy atom. The third kappa shape index (κ3) is 4.08. The summed E-state index contributed by atoms with van der Waals surface area (Å²) >= 11 is 0. The largest absolute Gasteiger partial charge is 0.208 e. The van der Waals surface area contributed by atoms with Gasteiger partial charge in [-0.3, -0.25) is 0 Å². The Balaban J connectivity index is 1.35. The quantitative estimate of drug-likeness (QED) is 0.221. The molecule has 0 unspecified atom stereocenters. The third-order valence-electron chi connectivity index (χ3n) is 8.36. The molecule has 6 aromatic rings. The maximum absolute atomic E-state index is 9.35. The van der Waals surface area contributed by atoms with Gasteiger partial charge in [-0.05, 0) is 52.2 Å². The van der Waals surface area contributed by atoms with Crippen molar-refractivity contribution in [2.75, 3.05) is 0 Å². The second-order valence-corrected chi connectivity index (χ2v) is 10.8. The molecule has 0 N–H and O–H groups in total. The fourth-order valence-corrected chi connectivity index (χ4v) is 6.39. The molecule has 202 valence electrons. The van der Waals surface area contributed by atoms with Gasteiger partial charge in [-0.1, -0.05) is 141 Å². The minimum atomic E-state index is -1.78. The monoisotopic (exact) mass is 545 g/mol. The van der Waals surface area contributed by atoms with Crippen molar-refractivity contribution in [1.29, 1.82) is 0 Å². The zero-order valence-electron chi connectivity index (χ0n) is 27.1. The van der Waals surface area contributed by atoms with Gasteiger partial charge in [0.2, 0.25) is 0 Å². The summed E-state index contributed by atoms with van der Waals surface area (Å²) in [5, 5.41) is 0. The van der Waals surface area contributed by atoms with Crippen molar-refractivity contribution in [2.45, 2.75) is 37.4 Å². The van der Waals surface area contributed by atoms with Crippen LogP contribution in [0.5, 0.6) is 0 Å². The Morgan fingerprint density at radius 1 is 0.429 bits per heavy atom. The Labute approximate surface area is 252 Å². The topological polar surface area (TPSA) is 38.7 Å². The van der Waals surface area contributed by atoms with Crippen LogP contribution in [0.3, 0.4) is 0 Å². The van der Waals surface area contributed by atoms with E-state index >= 15 is 0 Å². The first kappa shape index (κ1) is 20.9. The minimum Gasteiger partial charge on any atom is -0.208 e. The van der Waals surface area contributed by atoms with Crippen LogP contribution in [-0.2, 0) is 5.41 Å². The first-order valence-electron chi connectivity index (χ1n) is 16.5. The van der Waals surface area contributed by atoms with Crippen LogP contribution in [0.1, 0.15) is 48.6 Å². The average Bonchev–Trinajstić information content (AvgIpc) is 3.40. The van der Waals surface area contributed by atoms with Gasteiger partial charge in [-0.25, -0.2) is 15.0 Å². The number of hydrogen-bond acceptors (Lipinski definition) is 3. The first-order chi connectivity index (χ1) is 22.3. The number of aromatic nitrogens is 3. The zero-order valence-corrected chi connectivity index (χ0v) is 23.1. The lowest BCUT2D eigenvalue weighted by molar-refractivity contribution is 0.353. The molecule has 0 atom stereocenters.